The van der Waals surface area contributed by atoms with E-state index in [4.69, 9.17) is 10.8 Å². The van der Waals surface area contributed by atoms with Crippen LogP contribution >= 0.6 is 11.3 Å². The number of nitrogens with zero attached hydrogens (tertiary/aromatic N) is 2. The van der Waals surface area contributed by atoms with E-state index in [0.29, 0.717) is 17.1 Å². The van der Waals surface area contributed by atoms with Gasteiger partial charge >= 0.3 is 0 Å². The zero-order valence-electron chi connectivity index (χ0n) is 11.3. The molecule has 1 saturated carbocycles. The molecule has 20 heavy (non-hydrogen) atoms. The van der Waals surface area contributed by atoms with E-state index in [1.54, 1.807) is 4.90 Å². The molecule has 1 amide bonds. The molecule has 6 heteroatoms. The molecule has 3 rings (SSSR count). The third-order valence-corrected chi connectivity index (χ3v) is 4.62. The molecule has 106 valence electrons. The van der Waals surface area contributed by atoms with Crippen molar-refractivity contribution in [1.29, 1.82) is 0 Å². The number of rotatable bonds is 4. The highest BCUT2D eigenvalue weighted by atomic mass is 32.1. The molecule has 1 aliphatic rings. The molecular formula is C14H17N3O2S. The number of hydrogen-bond donors (Lipinski definition) is 2. The first-order valence-corrected chi connectivity index (χ1v) is 7.51. The summed E-state index contributed by atoms with van der Waals surface area (Å²) in [5, 5.41) is 9.96. The summed E-state index contributed by atoms with van der Waals surface area (Å²) in [7, 11) is 0. The second-order valence-electron chi connectivity index (χ2n) is 5.10. The molecule has 0 bridgehead atoms. The zero-order valence-corrected chi connectivity index (χ0v) is 12.1. The minimum atomic E-state index is -0.0836. The van der Waals surface area contributed by atoms with E-state index in [1.807, 2.05) is 19.1 Å². The van der Waals surface area contributed by atoms with Crippen molar-refractivity contribution in [2.24, 2.45) is 0 Å². The highest BCUT2D eigenvalue weighted by Gasteiger charge is 2.34. The van der Waals surface area contributed by atoms with Gasteiger partial charge in [0.1, 0.15) is 9.71 Å². The van der Waals surface area contributed by atoms with Gasteiger partial charge in [0, 0.05) is 23.7 Å². The van der Waals surface area contributed by atoms with Crippen LogP contribution in [0.25, 0.3) is 10.2 Å². The second-order valence-corrected chi connectivity index (χ2v) is 6.10. The van der Waals surface area contributed by atoms with Crippen molar-refractivity contribution < 1.29 is 9.90 Å². The van der Waals surface area contributed by atoms with Crippen LogP contribution in [-0.2, 0) is 0 Å². The van der Waals surface area contributed by atoms with Gasteiger partial charge in [-0.1, -0.05) is 0 Å². The number of nitrogens with two attached hydrogens (primary N) is 1. The first kappa shape index (κ1) is 13.3. The number of aromatic nitrogens is 1. The minimum Gasteiger partial charge on any atom is -0.397 e. The number of thiophene rings is 1. The maximum Gasteiger partial charge on any atom is 0.266 e. The van der Waals surface area contributed by atoms with Gasteiger partial charge in [-0.25, -0.2) is 4.98 Å². The van der Waals surface area contributed by atoms with E-state index in [1.165, 1.54) is 11.3 Å². The fraction of sp³-hybridized carbons (Fsp3) is 0.429. The highest BCUT2D eigenvalue weighted by Crippen LogP contribution is 2.36. The summed E-state index contributed by atoms with van der Waals surface area (Å²) in [6.07, 6.45) is 2.02. The molecule has 2 aromatic heterocycles. The zero-order chi connectivity index (χ0) is 14.3. The van der Waals surface area contributed by atoms with Crippen LogP contribution in [0, 0.1) is 6.92 Å². The number of aryl methyl sites for hydroxylation is 1. The van der Waals surface area contributed by atoms with E-state index < -0.39 is 0 Å². The van der Waals surface area contributed by atoms with Crippen LogP contribution in [0.5, 0.6) is 0 Å². The largest absolute Gasteiger partial charge is 0.397 e. The van der Waals surface area contributed by atoms with E-state index in [-0.39, 0.29) is 18.6 Å². The molecule has 0 aliphatic heterocycles. The lowest BCUT2D eigenvalue weighted by Crippen LogP contribution is -2.35. The van der Waals surface area contributed by atoms with Gasteiger partial charge < -0.3 is 15.7 Å². The van der Waals surface area contributed by atoms with Crippen molar-refractivity contribution >= 4 is 33.1 Å². The third-order valence-electron chi connectivity index (χ3n) is 3.52. The first-order chi connectivity index (χ1) is 9.61. The van der Waals surface area contributed by atoms with Crippen molar-refractivity contribution in [3.63, 3.8) is 0 Å². The number of anilines is 1. The Bertz CT molecular complexity index is 664. The van der Waals surface area contributed by atoms with Crippen molar-refractivity contribution in [3.05, 3.63) is 22.7 Å². The van der Waals surface area contributed by atoms with Gasteiger partial charge in [0.25, 0.3) is 5.91 Å². The topological polar surface area (TPSA) is 79.5 Å². The van der Waals surface area contributed by atoms with Gasteiger partial charge in [-0.2, -0.15) is 0 Å². The fourth-order valence-corrected chi connectivity index (χ4v) is 3.42. The monoisotopic (exact) mass is 291 g/mol. The average molecular weight is 291 g/mol. The molecule has 1 aliphatic carbocycles. The molecule has 2 aromatic rings. The summed E-state index contributed by atoms with van der Waals surface area (Å²) < 4.78 is 0. The molecule has 5 nitrogen and oxygen atoms in total. The Kier molecular flexibility index (Phi) is 3.35. The lowest BCUT2D eigenvalue weighted by molar-refractivity contribution is 0.0713. The quantitative estimate of drug-likeness (QED) is 0.900. The number of carbonyl (C=O) groups is 1. The predicted molar refractivity (Wildman–Crippen MR) is 79.9 cm³/mol. The summed E-state index contributed by atoms with van der Waals surface area (Å²) >= 11 is 1.34. The normalized spacial score (nSPS) is 14.7. The Labute approximate surface area is 121 Å². The summed E-state index contributed by atoms with van der Waals surface area (Å²) in [4.78, 5) is 20.1. The third kappa shape index (κ3) is 2.25. The minimum absolute atomic E-state index is 0.0234. The number of amides is 1. The number of carbonyl (C=O) groups excluding carboxylic acids is 1. The maximum atomic E-state index is 12.6. The Balaban J connectivity index is 2.00. The van der Waals surface area contributed by atoms with Crippen LogP contribution in [0.1, 0.15) is 28.2 Å². The molecule has 0 aromatic carbocycles. The van der Waals surface area contributed by atoms with E-state index in [2.05, 4.69) is 4.98 Å². The molecule has 2 heterocycles. The molecule has 0 atom stereocenters. The molecule has 1 fully saturated rings. The van der Waals surface area contributed by atoms with Crippen LogP contribution in [0.15, 0.2) is 12.1 Å². The van der Waals surface area contributed by atoms with Gasteiger partial charge in [0.15, 0.2) is 0 Å². The Hall–Kier alpha value is -1.66. The SMILES string of the molecule is Cc1ccc2c(N)c(C(=O)N(CCO)C3CC3)sc2n1. The molecular weight excluding hydrogens is 274 g/mol. The van der Waals surface area contributed by atoms with Crippen LogP contribution in [0.3, 0.4) is 0 Å². The summed E-state index contributed by atoms with van der Waals surface area (Å²) in [5.41, 5.74) is 7.52. The number of hydrogen-bond acceptors (Lipinski definition) is 5. The Morgan fingerprint density at radius 1 is 1.55 bits per heavy atom. The lowest BCUT2D eigenvalue weighted by atomic mass is 10.2. The molecule has 3 N–H and O–H groups in total. The number of fused-ring (bicyclic) bond motifs is 1. The van der Waals surface area contributed by atoms with Gasteiger partial charge in [-0.15, -0.1) is 11.3 Å². The van der Waals surface area contributed by atoms with Crippen molar-refractivity contribution in [2.75, 3.05) is 18.9 Å². The molecule has 0 spiro atoms. The van der Waals surface area contributed by atoms with E-state index in [9.17, 15) is 4.79 Å². The first-order valence-electron chi connectivity index (χ1n) is 6.69. The van der Waals surface area contributed by atoms with Crippen LogP contribution in [-0.4, -0.2) is 40.1 Å². The second kappa shape index (κ2) is 5.03. The maximum absolute atomic E-state index is 12.6. The van der Waals surface area contributed by atoms with Gasteiger partial charge in [-0.05, 0) is 31.9 Å². The van der Waals surface area contributed by atoms with E-state index in [0.717, 1.165) is 28.8 Å². The number of aliphatic hydroxyl groups is 1. The number of pyridine rings is 1. The molecule has 0 unspecified atom stereocenters. The summed E-state index contributed by atoms with van der Waals surface area (Å²) in [6, 6.07) is 4.06. The van der Waals surface area contributed by atoms with Crippen molar-refractivity contribution in [2.45, 2.75) is 25.8 Å². The molecule has 0 saturated heterocycles. The van der Waals surface area contributed by atoms with Crippen LogP contribution in [0.2, 0.25) is 0 Å². The number of nitrogen functional groups attached to an aromatic ring is 1. The smallest absolute Gasteiger partial charge is 0.266 e. The van der Waals surface area contributed by atoms with Crippen LogP contribution in [0.4, 0.5) is 5.69 Å². The average Bonchev–Trinajstić information content (AvgIpc) is 3.20. The fourth-order valence-electron chi connectivity index (χ4n) is 2.32. The number of aliphatic hydroxyl groups excluding tert-OH is 1. The summed E-state index contributed by atoms with van der Waals surface area (Å²) in [6.45, 7) is 2.26. The van der Waals surface area contributed by atoms with Crippen molar-refractivity contribution in [3.8, 4) is 0 Å². The van der Waals surface area contributed by atoms with Gasteiger partial charge in [-0.3, -0.25) is 4.79 Å². The summed E-state index contributed by atoms with van der Waals surface area (Å²) in [5.74, 6) is -0.0836. The van der Waals surface area contributed by atoms with E-state index >= 15 is 0 Å². The van der Waals surface area contributed by atoms with Crippen LogP contribution < -0.4 is 5.73 Å². The standard InChI is InChI=1S/C14H17N3O2S/c1-8-2-5-10-11(15)12(20-13(10)16-8)14(19)17(6-7-18)9-3-4-9/h2,5,9,18H,3-4,6-7,15H2,1H3. The highest BCUT2D eigenvalue weighted by molar-refractivity contribution is 7.21. The Morgan fingerprint density at radius 2 is 2.30 bits per heavy atom. The lowest BCUT2D eigenvalue weighted by Gasteiger charge is -2.20. The molecule has 0 radical (unpaired) electrons. The predicted octanol–water partition coefficient (Wildman–Crippen LogP) is 1.78. The van der Waals surface area contributed by atoms with Crippen molar-refractivity contribution in [1.82, 2.24) is 9.88 Å². The Morgan fingerprint density at radius 3 is 2.95 bits per heavy atom. The van der Waals surface area contributed by atoms with Gasteiger partial charge in [0.2, 0.25) is 0 Å². The van der Waals surface area contributed by atoms with Gasteiger partial charge in [0.05, 0.1) is 12.3 Å².